The molecular weight excluding hydrogens is 290 g/mol. The molecule has 0 aromatic carbocycles. The summed E-state index contributed by atoms with van der Waals surface area (Å²) in [5, 5.41) is 11.6. The van der Waals surface area contributed by atoms with Crippen molar-refractivity contribution >= 4 is 29.1 Å². The lowest BCUT2D eigenvalue weighted by atomic mass is 10.1. The van der Waals surface area contributed by atoms with Crippen LogP contribution in [0.4, 0.5) is 17.3 Å². The monoisotopic (exact) mass is 309 g/mol. The van der Waals surface area contributed by atoms with Gasteiger partial charge in [-0.25, -0.2) is 9.97 Å². The van der Waals surface area contributed by atoms with Crippen molar-refractivity contribution in [3.05, 3.63) is 16.4 Å². The summed E-state index contributed by atoms with van der Waals surface area (Å²) in [5.74, 6) is 2.94. The molecule has 0 N–H and O–H groups in total. The van der Waals surface area contributed by atoms with Crippen LogP contribution in [0.25, 0.3) is 0 Å². The Kier molecular flexibility index (Phi) is 4.42. The van der Waals surface area contributed by atoms with E-state index in [9.17, 15) is 10.1 Å². The molecule has 1 aromatic rings. The van der Waals surface area contributed by atoms with Gasteiger partial charge in [-0.05, 0) is 19.3 Å². The molecule has 7 nitrogen and oxygen atoms in total. The molecule has 0 bridgehead atoms. The molecule has 0 amide bonds. The number of hydrogen-bond acceptors (Lipinski definition) is 7. The van der Waals surface area contributed by atoms with Crippen molar-refractivity contribution in [2.45, 2.75) is 19.3 Å². The summed E-state index contributed by atoms with van der Waals surface area (Å²) in [6.07, 6.45) is 4.79. The smallest absolute Gasteiger partial charge is 0.351 e. The number of piperidine rings is 1. The van der Waals surface area contributed by atoms with E-state index in [1.807, 2.05) is 21.6 Å². The average Bonchev–Trinajstić information content (AvgIpc) is 2.55. The minimum atomic E-state index is -0.318. The largest absolute Gasteiger partial charge is 0.353 e. The highest BCUT2D eigenvalue weighted by Gasteiger charge is 2.31. The van der Waals surface area contributed by atoms with Crippen molar-refractivity contribution in [3.63, 3.8) is 0 Å². The van der Waals surface area contributed by atoms with E-state index in [1.165, 1.54) is 12.7 Å². The average molecular weight is 309 g/mol. The first-order valence-corrected chi connectivity index (χ1v) is 8.50. The van der Waals surface area contributed by atoms with E-state index in [0.717, 1.165) is 50.5 Å². The summed E-state index contributed by atoms with van der Waals surface area (Å²) in [5.41, 5.74) is 0.0753. The van der Waals surface area contributed by atoms with E-state index in [4.69, 9.17) is 0 Å². The Morgan fingerprint density at radius 3 is 2.14 bits per heavy atom. The maximum atomic E-state index is 11.6. The lowest BCUT2D eigenvalue weighted by Gasteiger charge is -2.30. The molecule has 0 aliphatic carbocycles. The molecule has 0 unspecified atom stereocenters. The van der Waals surface area contributed by atoms with Crippen molar-refractivity contribution in [2.75, 3.05) is 47.5 Å². The van der Waals surface area contributed by atoms with Gasteiger partial charge >= 0.3 is 5.69 Å². The zero-order valence-corrected chi connectivity index (χ0v) is 12.7. The van der Waals surface area contributed by atoms with Crippen molar-refractivity contribution in [3.8, 4) is 0 Å². The lowest BCUT2D eigenvalue weighted by Crippen LogP contribution is -2.35. The van der Waals surface area contributed by atoms with Crippen LogP contribution >= 0.6 is 11.8 Å². The van der Waals surface area contributed by atoms with Crippen molar-refractivity contribution < 1.29 is 4.92 Å². The minimum absolute atomic E-state index is 0.0753. The number of rotatable bonds is 3. The summed E-state index contributed by atoms with van der Waals surface area (Å²) >= 11 is 1.87. The second kappa shape index (κ2) is 6.46. The van der Waals surface area contributed by atoms with Gasteiger partial charge in [0.1, 0.15) is 6.33 Å². The zero-order valence-electron chi connectivity index (χ0n) is 11.9. The third-order valence-corrected chi connectivity index (χ3v) is 4.87. The number of hydrogen-bond donors (Lipinski definition) is 0. The van der Waals surface area contributed by atoms with Crippen LogP contribution in [-0.4, -0.2) is 52.6 Å². The predicted octanol–water partition coefficient (Wildman–Crippen LogP) is 1.93. The van der Waals surface area contributed by atoms with E-state index in [-0.39, 0.29) is 10.6 Å². The fourth-order valence-electron chi connectivity index (χ4n) is 2.87. The maximum absolute atomic E-state index is 11.6. The Labute approximate surface area is 127 Å². The quantitative estimate of drug-likeness (QED) is 0.623. The van der Waals surface area contributed by atoms with Crippen LogP contribution in [0.3, 0.4) is 0 Å². The second-order valence-corrected chi connectivity index (χ2v) is 6.50. The first-order chi connectivity index (χ1) is 10.3. The molecule has 8 heteroatoms. The second-order valence-electron chi connectivity index (χ2n) is 5.27. The molecule has 1 aromatic heterocycles. The third-order valence-electron chi connectivity index (χ3n) is 3.93. The Bertz CT molecular complexity index is 479. The standard InChI is InChI=1S/C13H19N5O2S/c19-18(20)11-12(16-4-2-1-3-5-16)14-10-15-13(11)17-6-8-21-9-7-17/h10H,1-9H2. The maximum Gasteiger partial charge on any atom is 0.353 e. The molecular formula is C13H19N5O2S. The van der Waals surface area contributed by atoms with Gasteiger partial charge in [0.2, 0.25) is 11.6 Å². The highest BCUT2D eigenvalue weighted by atomic mass is 32.2. The first-order valence-electron chi connectivity index (χ1n) is 7.34. The van der Waals surface area contributed by atoms with Gasteiger partial charge < -0.3 is 9.80 Å². The van der Waals surface area contributed by atoms with Crippen molar-refractivity contribution in [1.29, 1.82) is 0 Å². The minimum Gasteiger partial charge on any atom is -0.351 e. The Morgan fingerprint density at radius 1 is 1.00 bits per heavy atom. The molecule has 2 saturated heterocycles. The summed E-state index contributed by atoms with van der Waals surface area (Å²) in [7, 11) is 0. The van der Waals surface area contributed by atoms with Gasteiger partial charge in [-0.15, -0.1) is 0 Å². The number of nitrogens with zero attached hydrogens (tertiary/aromatic N) is 5. The van der Waals surface area contributed by atoms with Gasteiger partial charge in [0.25, 0.3) is 0 Å². The Hall–Kier alpha value is -1.57. The summed E-state index contributed by atoms with van der Waals surface area (Å²) in [6, 6.07) is 0. The van der Waals surface area contributed by atoms with E-state index in [2.05, 4.69) is 9.97 Å². The van der Waals surface area contributed by atoms with Gasteiger partial charge in [-0.1, -0.05) is 0 Å². The molecule has 3 rings (SSSR count). The molecule has 0 radical (unpaired) electrons. The van der Waals surface area contributed by atoms with Crippen LogP contribution in [0, 0.1) is 10.1 Å². The summed E-state index contributed by atoms with van der Waals surface area (Å²) in [4.78, 5) is 23.8. The number of thioether (sulfide) groups is 1. The first kappa shape index (κ1) is 14.4. The lowest BCUT2D eigenvalue weighted by molar-refractivity contribution is -0.383. The fraction of sp³-hybridized carbons (Fsp3) is 0.692. The molecule has 2 aliphatic rings. The molecule has 0 spiro atoms. The molecule has 0 atom stereocenters. The molecule has 3 heterocycles. The molecule has 2 aliphatic heterocycles. The predicted molar refractivity (Wildman–Crippen MR) is 84.3 cm³/mol. The fourth-order valence-corrected chi connectivity index (χ4v) is 3.77. The molecule has 0 saturated carbocycles. The SMILES string of the molecule is O=[N+]([O-])c1c(N2CCCCC2)ncnc1N1CCSCC1. The van der Waals surface area contributed by atoms with Crippen LogP contribution in [0.1, 0.15) is 19.3 Å². The van der Waals surface area contributed by atoms with E-state index >= 15 is 0 Å². The van der Waals surface area contributed by atoms with Crippen LogP contribution in [-0.2, 0) is 0 Å². The van der Waals surface area contributed by atoms with Crippen LogP contribution < -0.4 is 9.80 Å². The van der Waals surface area contributed by atoms with Crippen LogP contribution in [0.2, 0.25) is 0 Å². The Balaban J connectivity index is 1.97. The van der Waals surface area contributed by atoms with Gasteiger partial charge in [0.05, 0.1) is 4.92 Å². The van der Waals surface area contributed by atoms with E-state index in [0.29, 0.717) is 11.6 Å². The summed E-state index contributed by atoms with van der Waals surface area (Å²) in [6.45, 7) is 3.30. The number of anilines is 2. The molecule has 114 valence electrons. The topological polar surface area (TPSA) is 75.4 Å². The van der Waals surface area contributed by atoms with Crippen molar-refractivity contribution in [1.82, 2.24) is 9.97 Å². The van der Waals surface area contributed by atoms with Gasteiger partial charge in [0, 0.05) is 37.7 Å². The highest BCUT2D eigenvalue weighted by molar-refractivity contribution is 7.99. The van der Waals surface area contributed by atoms with Crippen molar-refractivity contribution in [2.24, 2.45) is 0 Å². The van der Waals surface area contributed by atoms with Crippen LogP contribution in [0.15, 0.2) is 6.33 Å². The number of aromatic nitrogens is 2. The number of nitro groups is 1. The Morgan fingerprint density at radius 2 is 1.57 bits per heavy atom. The summed E-state index contributed by atoms with van der Waals surface area (Å²) < 4.78 is 0. The van der Waals surface area contributed by atoms with Gasteiger partial charge in [-0.2, -0.15) is 11.8 Å². The van der Waals surface area contributed by atoms with Crippen LogP contribution in [0.5, 0.6) is 0 Å². The normalized spacial score (nSPS) is 19.6. The highest BCUT2D eigenvalue weighted by Crippen LogP contribution is 2.36. The molecule has 21 heavy (non-hydrogen) atoms. The molecule has 2 fully saturated rings. The van der Waals surface area contributed by atoms with Gasteiger partial charge in [0.15, 0.2) is 0 Å². The van der Waals surface area contributed by atoms with Gasteiger partial charge in [-0.3, -0.25) is 10.1 Å². The third kappa shape index (κ3) is 3.04. The van der Waals surface area contributed by atoms with E-state index < -0.39 is 0 Å². The zero-order chi connectivity index (χ0) is 14.7. The van der Waals surface area contributed by atoms with E-state index in [1.54, 1.807) is 0 Å².